The third kappa shape index (κ3) is 2.40. The summed E-state index contributed by atoms with van der Waals surface area (Å²) < 4.78 is 11.8. The maximum atomic E-state index is 13.0. The molecule has 1 aliphatic carbocycles. The van der Waals surface area contributed by atoms with Crippen LogP contribution in [0.3, 0.4) is 0 Å². The third-order valence-corrected chi connectivity index (χ3v) is 5.13. The SMILES string of the molecule is COC(OC)(c1ccccc1)c1cccc2c1Cc1ccccc1C2=O. The fraction of sp³-hybridized carbons (Fsp3) is 0.174. The van der Waals surface area contributed by atoms with E-state index in [1.807, 2.05) is 72.8 Å². The van der Waals surface area contributed by atoms with Crippen LogP contribution in [0.25, 0.3) is 0 Å². The summed E-state index contributed by atoms with van der Waals surface area (Å²) >= 11 is 0. The minimum absolute atomic E-state index is 0.0536. The molecule has 0 aromatic heterocycles. The fourth-order valence-electron chi connectivity index (χ4n) is 3.88. The van der Waals surface area contributed by atoms with E-state index in [9.17, 15) is 4.79 Å². The molecule has 3 heteroatoms. The zero-order chi connectivity index (χ0) is 18.1. The first-order chi connectivity index (χ1) is 12.7. The smallest absolute Gasteiger partial charge is 0.222 e. The molecule has 0 N–H and O–H groups in total. The van der Waals surface area contributed by atoms with Crippen LogP contribution >= 0.6 is 0 Å². The van der Waals surface area contributed by atoms with Crippen molar-refractivity contribution in [2.45, 2.75) is 12.2 Å². The van der Waals surface area contributed by atoms with Gasteiger partial charge >= 0.3 is 0 Å². The molecule has 0 saturated carbocycles. The van der Waals surface area contributed by atoms with Gasteiger partial charge in [0.1, 0.15) is 0 Å². The molecular weight excluding hydrogens is 324 g/mol. The minimum atomic E-state index is -1.06. The Bertz CT molecular complexity index is 956. The zero-order valence-electron chi connectivity index (χ0n) is 14.9. The molecule has 0 saturated heterocycles. The van der Waals surface area contributed by atoms with E-state index >= 15 is 0 Å². The lowest BCUT2D eigenvalue weighted by Crippen LogP contribution is -2.34. The maximum absolute atomic E-state index is 13.0. The Morgan fingerprint density at radius 3 is 2.15 bits per heavy atom. The number of carbonyl (C=O) groups is 1. The summed E-state index contributed by atoms with van der Waals surface area (Å²) in [4.78, 5) is 13.0. The standard InChI is InChI=1S/C23H20O3/c1-25-23(26-2,17-10-4-3-5-11-17)21-14-8-13-19-20(21)15-16-9-6-7-12-18(16)22(19)24/h3-14H,15H2,1-2H3. The van der Waals surface area contributed by atoms with E-state index in [-0.39, 0.29) is 5.78 Å². The van der Waals surface area contributed by atoms with Gasteiger partial charge in [-0.1, -0.05) is 72.8 Å². The van der Waals surface area contributed by atoms with Gasteiger partial charge in [-0.2, -0.15) is 0 Å². The molecule has 0 fully saturated rings. The van der Waals surface area contributed by atoms with Crippen LogP contribution in [0.2, 0.25) is 0 Å². The Balaban J connectivity index is 1.95. The highest BCUT2D eigenvalue weighted by atomic mass is 16.7. The maximum Gasteiger partial charge on any atom is 0.222 e. The molecule has 1 aliphatic rings. The van der Waals surface area contributed by atoms with Gasteiger partial charge in [0.25, 0.3) is 0 Å². The summed E-state index contributed by atoms with van der Waals surface area (Å²) in [5.74, 6) is -1.00. The second-order valence-electron chi connectivity index (χ2n) is 6.39. The lowest BCUT2D eigenvalue weighted by molar-refractivity contribution is -0.184. The molecule has 0 bridgehead atoms. The minimum Gasteiger partial charge on any atom is -0.346 e. The van der Waals surface area contributed by atoms with Crippen molar-refractivity contribution in [1.29, 1.82) is 0 Å². The normalized spacial score (nSPS) is 13.2. The number of benzene rings is 3. The number of fused-ring (bicyclic) bond motifs is 2. The van der Waals surface area contributed by atoms with Crippen molar-refractivity contribution in [3.63, 3.8) is 0 Å². The predicted molar refractivity (Wildman–Crippen MR) is 100 cm³/mol. The van der Waals surface area contributed by atoms with Crippen LogP contribution in [-0.4, -0.2) is 20.0 Å². The molecule has 0 spiro atoms. The third-order valence-electron chi connectivity index (χ3n) is 5.13. The highest BCUT2D eigenvalue weighted by Crippen LogP contribution is 2.40. The van der Waals surface area contributed by atoms with Gasteiger partial charge in [0.05, 0.1) is 0 Å². The Kier molecular flexibility index (Phi) is 4.19. The van der Waals surface area contributed by atoms with Gasteiger partial charge in [0.15, 0.2) is 5.78 Å². The molecule has 4 rings (SSSR count). The van der Waals surface area contributed by atoms with Crippen molar-refractivity contribution < 1.29 is 14.3 Å². The highest BCUT2D eigenvalue weighted by molar-refractivity contribution is 6.12. The van der Waals surface area contributed by atoms with Crippen molar-refractivity contribution >= 4 is 5.78 Å². The number of ether oxygens (including phenoxy) is 2. The Hall–Kier alpha value is -2.75. The predicted octanol–water partition coefficient (Wildman–Crippen LogP) is 4.32. The summed E-state index contributed by atoms with van der Waals surface area (Å²) in [6.45, 7) is 0. The van der Waals surface area contributed by atoms with Crippen molar-refractivity contribution in [3.8, 4) is 0 Å². The molecule has 26 heavy (non-hydrogen) atoms. The Morgan fingerprint density at radius 1 is 0.769 bits per heavy atom. The van der Waals surface area contributed by atoms with Crippen LogP contribution in [0.5, 0.6) is 0 Å². The number of methoxy groups -OCH3 is 2. The molecule has 3 aromatic carbocycles. The van der Waals surface area contributed by atoms with Crippen molar-refractivity contribution in [1.82, 2.24) is 0 Å². The molecule has 3 aromatic rings. The molecule has 0 aliphatic heterocycles. The molecule has 130 valence electrons. The van der Waals surface area contributed by atoms with Crippen LogP contribution in [-0.2, 0) is 21.7 Å². The monoisotopic (exact) mass is 344 g/mol. The average Bonchev–Trinajstić information content (AvgIpc) is 2.71. The van der Waals surface area contributed by atoms with Crippen LogP contribution in [0.4, 0.5) is 0 Å². The van der Waals surface area contributed by atoms with E-state index in [2.05, 4.69) is 0 Å². The molecular formula is C23H20O3. The lowest BCUT2D eigenvalue weighted by atomic mass is 9.80. The number of hydrogen-bond donors (Lipinski definition) is 0. The van der Waals surface area contributed by atoms with Crippen molar-refractivity contribution in [2.24, 2.45) is 0 Å². The van der Waals surface area contributed by atoms with E-state index in [0.29, 0.717) is 6.42 Å². The van der Waals surface area contributed by atoms with Crippen LogP contribution < -0.4 is 0 Å². The first-order valence-electron chi connectivity index (χ1n) is 8.62. The van der Waals surface area contributed by atoms with Gasteiger partial charge in [-0.3, -0.25) is 4.79 Å². The summed E-state index contributed by atoms with van der Waals surface area (Å²) in [6, 6.07) is 23.4. The zero-order valence-corrected chi connectivity index (χ0v) is 14.9. The van der Waals surface area contributed by atoms with Crippen LogP contribution in [0.1, 0.15) is 38.2 Å². The summed E-state index contributed by atoms with van der Waals surface area (Å²) in [6.07, 6.45) is 0.675. The summed E-state index contributed by atoms with van der Waals surface area (Å²) in [7, 11) is 3.27. The van der Waals surface area contributed by atoms with E-state index in [1.165, 1.54) is 0 Å². The Morgan fingerprint density at radius 2 is 1.42 bits per heavy atom. The average molecular weight is 344 g/mol. The van der Waals surface area contributed by atoms with Crippen molar-refractivity contribution in [3.05, 3.63) is 106 Å². The molecule has 0 unspecified atom stereocenters. The first-order valence-corrected chi connectivity index (χ1v) is 8.62. The molecule has 0 atom stereocenters. The number of hydrogen-bond acceptors (Lipinski definition) is 3. The van der Waals surface area contributed by atoms with Gasteiger partial charge in [-0.25, -0.2) is 0 Å². The molecule has 0 amide bonds. The van der Waals surface area contributed by atoms with E-state index in [0.717, 1.165) is 33.4 Å². The highest BCUT2D eigenvalue weighted by Gasteiger charge is 2.39. The van der Waals surface area contributed by atoms with Gasteiger partial charge < -0.3 is 9.47 Å². The largest absolute Gasteiger partial charge is 0.346 e. The first kappa shape index (κ1) is 16.7. The second kappa shape index (κ2) is 6.52. The molecule has 0 radical (unpaired) electrons. The number of carbonyl (C=O) groups excluding carboxylic acids is 1. The van der Waals surface area contributed by atoms with Crippen molar-refractivity contribution in [2.75, 3.05) is 14.2 Å². The van der Waals surface area contributed by atoms with Gasteiger partial charge in [0, 0.05) is 36.5 Å². The van der Waals surface area contributed by atoms with E-state index in [1.54, 1.807) is 14.2 Å². The Labute approximate surface area is 153 Å². The fourth-order valence-corrected chi connectivity index (χ4v) is 3.88. The summed E-state index contributed by atoms with van der Waals surface area (Å²) in [5.41, 5.74) is 5.25. The van der Waals surface area contributed by atoms with Gasteiger partial charge in [-0.05, 0) is 17.5 Å². The summed E-state index contributed by atoms with van der Waals surface area (Å²) in [5, 5.41) is 0. The van der Waals surface area contributed by atoms with Crippen LogP contribution in [0, 0.1) is 0 Å². The topological polar surface area (TPSA) is 35.5 Å². The second-order valence-corrected chi connectivity index (χ2v) is 6.39. The molecule has 0 heterocycles. The molecule has 3 nitrogen and oxygen atoms in total. The van der Waals surface area contributed by atoms with E-state index in [4.69, 9.17) is 9.47 Å². The van der Waals surface area contributed by atoms with Gasteiger partial charge in [-0.15, -0.1) is 0 Å². The van der Waals surface area contributed by atoms with Crippen LogP contribution in [0.15, 0.2) is 72.8 Å². The number of rotatable bonds is 4. The number of ketones is 1. The lowest BCUT2D eigenvalue weighted by Gasteiger charge is -2.35. The van der Waals surface area contributed by atoms with Gasteiger partial charge in [0.2, 0.25) is 5.79 Å². The quantitative estimate of drug-likeness (QED) is 0.517. The van der Waals surface area contributed by atoms with E-state index < -0.39 is 5.79 Å².